The van der Waals surface area contributed by atoms with E-state index in [1.165, 1.54) is 4.90 Å². The molecule has 0 radical (unpaired) electrons. The first-order chi connectivity index (χ1) is 13.6. The van der Waals surface area contributed by atoms with Gasteiger partial charge in [-0.3, -0.25) is 9.52 Å². The molecule has 0 aliphatic carbocycles. The highest BCUT2D eigenvalue weighted by Gasteiger charge is 2.17. The Labute approximate surface area is 169 Å². The summed E-state index contributed by atoms with van der Waals surface area (Å²) in [6, 6.07) is 12.5. The van der Waals surface area contributed by atoms with Gasteiger partial charge < -0.3 is 9.42 Å². The minimum atomic E-state index is -3.39. The number of hydrogen-bond acceptors (Lipinski definition) is 6. The van der Waals surface area contributed by atoms with E-state index in [-0.39, 0.29) is 12.5 Å². The third-order valence-electron chi connectivity index (χ3n) is 4.23. The van der Waals surface area contributed by atoms with Crippen LogP contribution in [0.4, 0.5) is 5.69 Å². The first-order valence-corrected chi connectivity index (χ1v) is 10.7. The molecule has 1 aromatic heterocycles. The summed E-state index contributed by atoms with van der Waals surface area (Å²) < 4.78 is 30.5. The number of benzene rings is 2. The monoisotopic (exact) mass is 414 g/mol. The number of nitrogens with zero attached hydrogens (tertiary/aromatic N) is 3. The second kappa shape index (κ2) is 8.04. The van der Waals surface area contributed by atoms with E-state index in [2.05, 4.69) is 14.9 Å². The van der Waals surface area contributed by atoms with Crippen LogP contribution in [0.25, 0.3) is 11.4 Å². The van der Waals surface area contributed by atoms with Crippen LogP contribution in [0.15, 0.2) is 47.0 Å². The van der Waals surface area contributed by atoms with Crippen LogP contribution in [-0.2, 0) is 16.6 Å². The summed E-state index contributed by atoms with van der Waals surface area (Å²) >= 11 is 0. The Kier molecular flexibility index (Phi) is 5.69. The molecule has 0 aliphatic rings. The van der Waals surface area contributed by atoms with E-state index in [4.69, 9.17) is 4.52 Å². The van der Waals surface area contributed by atoms with E-state index in [0.717, 1.165) is 17.4 Å². The van der Waals surface area contributed by atoms with Gasteiger partial charge in [0.1, 0.15) is 0 Å². The molecule has 1 heterocycles. The standard InChI is InChI=1S/C20H22N4O4S/c1-13-6-5-7-15(10-13)19-21-18(28-22-19)12-24(3)20(25)16-8-9-17(14(2)11-16)23-29(4,26)27/h5-11,23H,12H2,1-4H3. The molecule has 0 saturated heterocycles. The number of sulfonamides is 1. The highest BCUT2D eigenvalue weighted by molar-refractivity contribution is 7.92. The van der Waals surface area contributed by atoms with Gasteiger partial charge in [-0.15, -0.1) is 0 Å². The van der Waals surface area contributed by atoms with Gasteiger partial charge in [-0.05, 0) is 43.7 Å². The van der Waals surface area contributed by atoms with Gasteiger partial charge >= 0.3 is 0 Å². The summed E-state index contributed by atoms with van der Waals surface area (Å²) in [7, 11) is -1.75. The first-order valence-electron chi connectivity index (χ1n) is 8.86. The molecule has 0 aliphatic heterocycles. The van der Waals surface area contributed by atoms with Gasteiger partial charge in [-0.25, -0.2) is 8.42 Å². The van der Waals surface area contributed by atoms with Crippen LogP contribution in [0.3, 0.4) is 0 Å². The summed E-state index contributed by atoms with van der Waals surface area (Å²) in [6.07, 6.45) is 1.08. The van der Waals surface area contributed by atoms with Crippen molar-refractivity contribution in [2.24, 2.45) is 0 Å². The average molecular weight is 414 g/mol. The van der Waals surface area contributed by atoms with Gasteiger partial charge in [0, 0.05) is 18.2 Å². The van der Waals surface area contributed by atoms with Crippen molar-refractivity contribution >= 4 is 21.6 Å². The lowest BCUT2D eigenvalue weighted by Gasteiger charge is -2.16. The lowest BCUT2D eigenvalue weighted by molar-refractivity contribution is 0.0769. The van der Waals surface area contributed by atoms with Crippen molar-refractivity contribution in [2.75, 3.05) is 18.0 Å². The molecule has 1 N–H and O–H groups in total. The summed E-state index contributed by atoms with van der Waals surface area (Å²) in [5, 5.41) is 3.98. The molecular formula is C20H22N4O4S. The van der Waals surface area contributed by atoms with Gasteiger partial charge in [0.05, 0.1) is 18.5 Å². The molecule has 0 bridgehead atoms. The first kappa shape index (κ1) is 20.5. The topological polar surface area (TPSA) is 105 Å². The fraction of sp³-hybridized carbons (Fsp3) is 0.250. The number of carbonyl (C=O) groups excluding carboxylic acids is 1. The van der Waals surface area contributed by atoms with Crippen molar-refractivity contribution in [1.82, 2.24) is 15.0 Å². The molecule has 1 amide bonds. The molecule has 0 fully saturated rings. The quantitative estimate of drug-likeness (QED) is 0.665. The molecular weight excluding hydrogens is 392 g/mol. The van der Waals surface area contributed by atoms with E-state index in [9.17, 15) is 13.2 Å². The number of aromatic nitrogens is 2. The van der Waals surface area contributed by atoms with Gasteiger partial charge in [-0.1, -0.05) is 28.9 Å². The van der Waals surface area contributed by atoms with E-state index in [1.54, 1.807) is 32.2 Å². The van der Waals surface area contributed by atoms with Crippen LogP contribution >= 0.6 is 0 Å². The molecule has 0 unspecified atom stereocenters. The van der Waals surface area contributed by atoms with Crippen LogP contribution in [0.2, 0.25) is 0 Å². The number of carbonyl (C=O) groups is 1. The molecule has 29 heavy (non-hydrogen) atoms. The van der Waals surface area contributed by atoms with E-state index in [0.29, 0.717) is 28.5 Å². The SMILES string of the molecule is Cc1cccc(-c2noc(CN(C)C(=O)c3ccc(NS(C)(=O)=O)c(C)c3)n2)c1. The molecule has 3 rings (SSSR count). The van der Waals surface area contributed by atoms with Gasteiger partial charge in [0.25, 0.3) is 5.91 Å². The van der Waals surface area contributed by atoms with E-state index < -0.39 is 10.0 Å². The molecule has 3 aromatic rings. The third-order valence-corrected chi connectivity index (χ3v) is 4.82. The predicted molar refractivity (Wildman–Crippen MR) is 110 cm³/mol. The Morgan fingerprint density at radius 3 is 2.59 bits per heavy atom. The number of anilines is 1. The number of rotatable bonds is 6. The normalized spacial score (nSPS) is 11.3. The maximum absolute atomic E-state index is 12.7. The van der Waals surface area contributed by atoms with Crippen molar-refractivity contribution in [1.29, 1.82) is 0 Å². The fourth-order valence-electron chi connectivity index (χ4n) is 2.83. The maximum Gasteiger partial charge on any atom is 0.254 e. The highest BCUT2D eigenvalue weighted by atomic mass is 32.2. The smallest absolute Gasteiger partial charge is 0.254 e. The average Bonchev–Trinajstić information content (AvgIpc) is 3.10. The Morgan fingerprint density at radius 1 is 1.17 bits per heavy atom. The minimum absolute atomic E-state index is 0.153. The number of nitrogens with one attached hydrogen (secondary N) is 1. The van der Waals surface area contributed by atoms with Gasteiger partial charge in [0.2, 0.25) is 21.7 Å². The summed E-state index contributed by atoms with van der Waals surface area (Å²) in [5.74, 6) is 0.551. The second-order valence-corrected chi connectivity index (χ2v) is 8.69. The summed E-state index contributed by atoms with van der Waals surface area (Å²) in [6.45, 7) is 3.87. The van der Waals surface area contributed by atoms with Crippen molar-refractivity contribution in [2.45, 2.75) is 20.4 Å². The van der Waals surface area contributed by atoms with Crippen molar-refractivity contribution in [3.63, 3.8) is 0 Å². The van der Waals surface area contributed by atoms with Crippen LogP contribution in [0, 0.1) is 13.8 Å². The number of amides is 1. The Balaban J connectivity index is 1.72. The fourth-order valence-corrected chi connectivity index (χ4v) is 3.46. The van der Waals surface area contributed by atoms with Crippen molar-refractivity contribution < 1.29 is 17.7 Å². The number of hydrogen-bond donors (Lipinski definition) is 1. The van der Waals surface area contributed by atoms with Crippen LogP contribution in [-0.4, -0.2) is 42.7 Å². The third kappa shape index (κ3) is 5.20. The minimum Gasteiger partial charge on any atom is -0.337 e. The molecule has 2 aromatic carbocycles. The van der Waals surface area contributed by atoms with Gasteiger partial charge in [0.15, 0.2) is 0 Å². The van der Waals surface area contributed by atoms with E-state index >= 15 is 0 Å². The lowest BCUT2D eigenvalue weighted by atomic mass is 10.1. The molecule has 9 heteroatoms. The van der Waals surface area contributed by atoms with Crippen molar-refractivity contribution in [3.05, 3.63) is 65.0 Å². The Bertz CT molecular complexity index is 1150. The zero-order chi connectivity index (χ0) is 21.2. The van der Waals surface area contributed by atoms with Crippen molar-refractivity contribution in [3.8, 4) is 11.4 Å². The highest BCUT2D eigenvalue weighted by Crippen LogP contribution is 2.20. The molecule has 0 saturated carbocycles. The lowest BCUT2D eigenvalue weighted by Crippen LogP contribution is -2.26. The Hall–Kier alpha value is -3.20. The number of aryl methyl sites for hydroxylation is 2. The molecule has 0 spiro atoms. The zero-order valence-corrected chi connectivity index (χ0v) is 17.4. The maximum atomic E-state index is 12.7. The largest absolute Gasteiger partial charge is 0.337 e. The van der Waals surface area contributed by atoms with Crippen LogP contribution in [0.5, 0.6) is 0 Å². The molecule has 0 atom stereocenters. The zero-order valence-electron chi connectivity index (χ0n) is 16.6. The predicted octanol–water partition coefficient (Wildman–Crippen LogP) is 3.00. The second-order valence-electron chi connectivity index (χ2n) is 6.95. The van der Waals surface area contributed by atoms with Crippen LogP contribution < -0.4 is 4.72 Å². The Morgan fingerprint density at radius 2 is 1.93 bits per heavy atom. The van der Waals surface area contributed by atoms with E-state index in [1.807, 2.05) is 31.2 Å². The molecule has 8 nitrogen and oxygen atoms in total. The summed E-state index contributed by atoms with van der Waals surface area (Å²) in [5.41, 5.74) is 3.45. The van der Waals surface area contributed by atoms with Crippen LogP contribution in [0.1, 0.15) is 27.4 Å². The summed E-state index contributed by atoms with van der Waals surface area (Å²) in [4.78, 5) is 18.5. The molecule has 152 valence electrons. The van der Waals surface area contributed by atoms with Gasteiger partial charge in [-0.2, -0.15) is 4.98 Å².